The third-order valence-corrected chi connectivity index (χ3v) is 3.02. The maximum atomic E-state index is 11.3. The van der Waals surface area contributed by atoms with Gasteiger partial charge in [-0.1, -0.05) is 19.3 Å². The molecule has 5 nitrogen and oxygen atoms in total. The van der Waals surface area contributed by atoms with Crippen LogP contribution in [-0.2, 0) is 19.1 Å². The Kier molecular flexibility index (Phi) is 3.25. The quantitative estimate of drug-likeness (QED) is 0.751. The average Bonchev–Trinajstić information content (AvgIpc) is 2.63. The molecular weight excluding hydrogens is 210 g/mol. The molecule has 1 aliphatic heterocycles. The summed E-state index contributed by atoms with van der Waals surface area (Å²) < 4.78 is 10.7. The van der Waals surface area contributed by atoms with Gasteiger partial charge in [0.25, 0.3) is 11.7 Å². The average molecular weight is 226 g/mol. The highest BCUT2D eigenvalue weighted by atomic mass is 16.7. The molecule has 1 saturated carbocycles. The van der Waals surface area contributed by atoms with Gasteiger partial charge in [-0.15, -0.1) is 0 Å². The molecule has 0 spiro atoms. The highest BCUT2D eigenvalue weighted by molar-refractivity contribution is 6.00. The maximum absolute atomic E-state index is 11.3. The molecule has 1 heterocycles. The van der Waals surface area contributed by atoms with Gasteiger partial charge in [-0.25, -0.2) is 0 Å². The molecule has 0 aromatic carbocycles. The maximum Gasteiger partial charge on any atom is 0.278 e. The van der Waals surface area contributed by atoms with E-state index in [0.717, 1.165) is 32.1 Å². The Hall–Kier alpha value is -0.940. The van der Waals surface area contributed by atoms with Gasteiger partial charge < -0.3 is 15.2 Å². The Balaban J connectivity index is 2.02. The van der Waals surface area contributed by atoms with Crippen LogP contribution in [0, 0.1) is 6.42 Å². The van der Waals surface area contributed by atoms with Crippen LogP contribution in [0.2, 0.25) is 0 Å². The fraction of sp³-hybridized carbons (Fsp3) is 0.727. The Labute approximate surface area is 94.3 Å². The van der Waals surface area contributed by atoms with Crippen LogP contribution in [0.15, 0.2) is 0 Å². The summed E-state index contributed by atoms with van der Waals surface area (Å²) >= 11 is 0. The number of carbonyl (C=O) groups excluding carboxylic acids is 2. The number of ether oxygens (including phenoxy) is 2. The number of primary amides is 1. The number of carbonyl (C=O) groups is 2. The molecular formula is C11H16NO4. The van der Waals surface area contributed by atoms with Crippen LogP contribution in [0.1, 0.15) is 32.1 Å². The second kappa shape index (κ2) is 4.51. The molecule has 0 unspecified atom stereocenters. The van der Waals surface area contributed by atoms with Crippen LogP contribution in [0.4, 0.5) is 0 Å². The predicted molar refractivity (Wildman–Crippen MR) is 55.1 cm³/mol. The standard InChI is InChI=1S/C11H16NO4/c12-10(14)11(6-8(13)7-15-11)16-9-4-2-1-3-5-9/h6,9H,1-5,7H2,(H2,12,14)/t11-/m0/s1. The van der Waals surface area contributed by atoms with E-state index >= 15 is 0 Å². The Morgan fingerprint density at radius 1 is 1.44 bits per heavy atom. The molecule has 1 atom stereocenters. The van der Waals surface area contributed by atoms with Crippen LogP contribution in [0.25, 0.3) is 0 Å². The van der Waals surface area contributed by atoms with Gasteiger partial charge in [-0.2, -0.15) is 0 Å². The molecule has 5 heteroatoms. The van der Waals surface area contributed by atoms with Crippen molar-refractivity contribution in [2.75, 3.05) is 6.61 Å². The highest BCUT2D eigenvalue weighted by Crippen LogP contribution is 2.30. The van der Waals surface area contributed by atoms with Crippen molar-refractivity contribution in [3.05, 3.63) is 6.42 Å². The summed E-state index contributed by atoms with van der Waals surface area (Å²) in [6.45, 7) is -0.129. The minimum atomic E-state index is -1.61. The van der Waals surface area contributed by atoms with Gasteiger partial charge in [0, 0.05) is 0 Å². The number of nitrogens with two attached hydrogens (primary N) is 1. The summed E-state index contributed by atoms with van der Waals surface area (Å²) in [6.07, 6.45) is 6.24. The van der Waals surface area contributed by atoms with Crippen LogP contribution in [0.3, 0.4) is 0 Å². The number of amides is 1. The summed E-state index contributed by atoms with van der Waals surface area (Å²) in [7, 11) is 0. The number of rotatable bonds is 3. The molecule has 2 aliphatic rings. The SMILES string of the molecule is NC(=O)[C@@]1(OC2CCCCC2)[CH]C(=O)CO1. The fourth-order valence-electron chi connectivity index (χ4n) is 2.17. The van der Waals surface area contributed by atoms with Crippen molar-refractivity contribution >= 4 is 11.7 Å². The van der Waals surface area contributed by atoms with Crippen molar-refractivity contribution in [1.82, 2.24) is 0 Å². The monoisotopic (exact) mass is 226 g/mol. The van der Waals surface area contributed by atoms with Crippen molar-refractivity contribution in [3.63, 3.8) is 0 Å². The molecule has 1 saturated heterocycles. The Bertz CT molecular complexity index is 298. The van der Waals surface area contributed by atoms with Crippen LogP contribution in [-0.4, -0.2) is 30.2 Å². The van der Waals surface area contributed by atoms with E-state index in [0.29, 0.717) is 0 Å². The summed E-state index contributed by atoms with van der Waals surface area (Å²) in [5.41, 5.74) is 5.24. The van der Waals surface area contributed by atoms with Gasteiger partial charge in [0.2, 0.25) is 0 Å². The van der Waals surface area contributed by atoms with E-state index in [9.17, 15) is 9.59 Å². The van der Waals surface area contributed by atoms with Crippen molar-refractivity contribution in [2.45, 2.75) is 44.0 Å². The van der Waals surface area contributed by atoms with Crippen LogP contribution >= 0.6 is 0 Å². The lowest BCUT2D eigenvalue weighted by molar-refractivity contribution is -0.217. The fourth-order valence-corrected chi connectivity index (χ4v) is 2.17. The van der Waals surface area contributed by atoms with Crippen molar-refractivity contribution in [1.29, 1.82) is 0 Å². The first-order valence-corrected chi connectivity index (χ1v) is 5.63. The van der Waals surface area contributed by atoms with E-state index in [4.69, 9.17) is 15.2 Å². The smallest absolute Gasteiger partial charge is 0.278 e. The van der Waals surface area contributed by atoms with Crippen molar-refractivity contribution in [2.24, 2.45) is 5.73 Å². The van der Waals surface area contributed by atoms with E-state index in [2.05, 4.69) is 0 Å². The molecule has 2 N–H and O–H groups in total. The topological polar surface area (TPSA) is 78.6 Å². The second-order valence-electron chi connectivity index (χ2n) is 4.31. The lowest BCUT2D eigenvalue weighted by Crippen LogP contribution is -2.49. The molecule has 89 valence electrons. The van der Waals surface area contributed by atoms with E-state index in [1.54, 1.807) is 0 Å². The molecule has 2 rings (SSSR count). The van der Waals surface area contributed by atoms with Gasteiger partial charge in [-0.3, -0.25) is 9.59 Å². The lowest BCUT2D eigenvalue weighted by Gasteiger charge is -2.31. The minimum absolute atomic E-state index is 0.0385. The zero-order chi connectivity index (χ0) is 11.6. The summed E-state index contributed by atoms with van der Waals surface area (Å²) in [6, 6.07) is 0. The van der Waals surface area contributed by atoms with E-state index in [-0.39, 0.29) is 18.5 Å². The third kappa shape index (κ3) is 2.25. The first kappa shape index (κ1) is 11.5. The van der Waals surface area contributed by atoms with Crippen LogP contribution < -0.4 is 5.73 Å². The largest absolute Gasteiger partial charge is 0.365 e. The molecule has 0 aromatic heterocycles. The predicted octanol–water partition coefficient (Wildman–Crippen LogP) is 0.321. The summed E-state index contributed by atoms with van der Waals surface area (Å²) in [4.78, 5) is 22.5. The molecule has 1 radical (unpaired) electrons. The number of hydrogen-bond donors (Lipinski definition) is 1. The van der Waals surface area contributed by atoms with E-state index in [1.165, 1.54) is 6.42 Å². The zero-order valence-electron chi connectivity index (χ0n) is 9.11. The van der Waals surface area contributed by atoms with Gasteiger partial charge in [0.05, 0.1) is 12.5 Å². The first-order valence-electron chi connectivity index (χ1n) is 5.63. The van der Waals surface area contributed by atoms with Gasteiger partial charge >= 0.3 is 0 Å². The third-order valence-electron chi connectivity index (χ3n) is 3.02. The second-order valence-corrected chi connectivity index (χ2v) is 4.31. The Morgan fingerprint density at radius 2 is 2.12 bits per heavy atom. The molecule has 1 amide bonds. The first-order chi connectivity index (χ1) is 7.62. The summed E-state index contributed by atoms with van der Waals surface area (Å²) in [5, 5.41) is 0. The molecule has 1 aliphatic carbocycles. The summed E-state index contributed by atoms with van der Waals surface area (Å²) in [5.74, 6) is -2.61. The number of hydrogen-bond acceptors (Lipinski definition) is 4. The highest BCUT2D eigenvalue weighted by Gasteiger charge is 2.48. The normalized spacial score (nSPS) is 31.9. The van der Waals surface area contributed by atoms with Gasteiger partial charge in [-0.05, 0) is 12.8 Å². The van der Waals surface area contributed by atoms with E-state index in [1.807, 2.05) is 0 Å². The van der Waals surface area contributed by atoms with Crippen molar-refractivity contribution < 1.29 is 19.1 Å². The Morgan fingerprint density at radius 3 is 2.62 bits per heavy atom. The van der Waals surface area contributed by atoms with Gasteiger partial charge in [0.15, 0.2) is 5.78 Å². The molecule has 16 heavy (non-hydrogen) atoms. The number of ketones is 1. The molecule has 0 bridgehead atoms. The van der Waals surface area contributed by atoms with E-state index < -0.39 is 11.7 Å². The number of Topliss-reactive ketones (excluding diaryl/α,β-unsaturated/α-hetero) is 1. The zero-order valence-corrected chi connectivity index (χ0v) is 9.11. The van der Waals surface area contributed by atoms with Gasteiger partial charge in [0.1, 0.15) is 6.61 Å². The van der Waals surface area contributed by atoms with Crippen molar-refractivity contribution in [3.8, 4) is 0 Å². The minimum Gasteiger partial charge on any atom is -0.365 e. The molecule has 2 fully saturated rings. The molecule has 0 aromatic rings. The lowest BCUT2D eigenvalue weighted by atomic mass is 9.97. The van der Waals surface area contributed by atoms with Crippen LogP contribution in [0.5, 0.6) is 0 Å².